The molecule has 0 aliphatic carbocycles. The molecule has 13 aromatic carbocycles. The van der Waals surface area contributed by atoms with Crippen molar-refractivity contribution < 1.29 is 0 Å². The van der Waals surface area contributed by atoms with Crippen molar-refractivity contribution in [2.24, 2.45) is 0 Å². The highest BCUT2D eigenvalue weighted by Crippen LogP contribution is 2.39. The Bertz CT molecular complexity index is 6180. The summed E-state index contributed by atoms with van der Waals surface area (Å²) in [5.41, 5.74) is 32.7. The molecule has 0 unspecified atom stereocenters. The molecule has 19 rings (SSSR count). The minimum absolute atomic E-state index is 0.828. The molecule has 0 spiro atoms. The molecule has 6 heterocycles. The van der Waals surface area contributed by atoms with E-state index in [0.717, 1.165) is 190 Å². The van der Waals surface area contributed by atoms with Gasteiger partial charge in [-0.25, -0.2) is 49.8 Å². The van der Waals surface area contributed by atoms with Crippen LogP contribution in [0.5, 0.6) is 0 Å². The normalized spacial score (nSPS) is 11.1. The molecular formula is C94H72N12. The summed E-state index contributed by atoms with van der Waals surface area (Å²) in [6.07, 6.45) is 0. The van der Waals surface area contributed by atoms with Gasteiger partial charge < -0.3 is 9.97 Å². The Labute approximate surface area is 614 Å². The first-order valence-electron chi connectivity index (χ1n) is 35.7. The lowest BCUT2D eigenvalue weighted by Crippen LogP contribution is -1.97. The maximum Gasteiger partial charge on any atom is 0.138 e. The SMILES string of the molecule is CC.Cc1ccc2nc(-c3ccc(-c4nc5ccc(-c6ccc7[nH]c(C)nc7c6)cc5nc4-c4ccccc4)cc3)c(-c3ccccc3)nc2c1.Cc1ccc2nc(-c3ccc(-c4nc5ccc(C)cc5nc4-c4ccccc4)cc3)c(-c3ccccc3)nc2c1.c1ccc(-c2nc3ccccc3[nH]2)cc1. The first kappa shape index (κ1) is 66.7. The van der Waals surface area contributed by atoms with Crippen molar-refractivity contribution >= 4 is 66.2 Å². The Hall–Kier alpha value is -13.8. The van der Waals surface area contributed by atoms with Gasteiger partial charge in [-0.05, 0) is 128 Å². The first-order chi connectivity index (χ1) is 52.1. The summed E-state index contributed by atoms with van der Waals surface area (Å²) < 4.78 is 0. The second-order valence-corrected chi connectivity index (χ2v) is 26.0. The van der Waals surface area contributed by atoms with E-state index in [1.54, 1.807) is 0 Å². The lowest BCUT2D eigenvalue weighted by atomic mass is 9.99. The van der Waals surface area contributed by atoms with Gasteiger partial charge in [0.05, 0.1) is 112 Å². The van der Waals surface area contributed by atoms with Crippen molar-refractivity contribution in [1.82, 2.24) is 59.8 Å². The minimum Gasteiger partial charge on any atom is -0.342 e. The molecular weight excluding hydrogens is 1300 g/mol. The van der Waals surface area contributed by atoms with E-state index in [9.17, 15) is 0 Å². The monoisotopic (exact) mass is 1370 g/mol. The molecule has 19 aromatic rings. The van der Waals surface area contributed by atoms with Gasteiger partial charge in [0.25, 0.3) is 0 Å². The average molecular weight is 1370 g/mol. The van der Waals surface area contributed by atoms with Gasteiger partial charge in [-0.3, -0.25) is 0 Å². The van der Waals surface area contributed by atoms with Gasteiger partial charge in [-0.2, -0.15) is 0 Å². The molecule has 0 saturated heterocycles. The maximum absolute atomic E-state index is 5.24. The van der Waals surface area contributed by atoms with E-state index in [0.29, 0.717) is 0 Å². The van der Waals surface area contributed by atoms with Crippen LogP contribution in [0.4, 0.5) is 0 Å². The number of imidazole rings is 2. The van der Waals surface area contributed by atoms with Gasteiger partial charge in [0, 0.05) is 50.1 Å². The van der Waals surface area contributed by atoms with Crippen LogP contribution in [0.2, 0.25) is 0 Å². The maximum atomic E-state index is 5.24. The lowest BCUT2D eigenvalue weighted by molar-refractivity contribution is 1.17. The van der Waals surface area contributed by atoms with Gasteiger partial charge in [0.15, 0.2) is 0 Å². The van der Waals surface area contributed by atoms with E-state index in [2.05, 4.69) is 223 Å². The van der Waals surface area contributed by atoms with E-state index in [1.807, 2.05) is 154 Å². The zero-order chi connectivity index (χ0) is 72.0. The summed E-state index contributed by atoms with van der Waals surface area (Å²) in [7, 11) is 0. The lowest BCUT2D eigenvalue weighted by Gasteiger charge is -2.13. The van der Waals surface area contributed by atoms with Crippen LogP contribution < -0.4 is 0 Å². The van der Waals surface area contributed by atoms with Crippen molar-refractivity contribution in [3.63, 3.8) is 0 Å². The number of aromatic nitrogens is 12. The van der Waals surface area contributed by atoms with Crippen LogP contribution in [0.15, 0.2) is 315 Å². The number of H-pyrrole nitrogens is 2. The van der Waals surface area contributed by atoms with E-state index in [-0.39, 0.29) is 0 Å². The Morgan fingerprint density at radius 1 is 0.179 bits per heavy atom. The number of hydrogen-bond donors (Lipinski definition) is 2. The second-order valence-electron chi connectivity index (χ2n) is 26.0. The Balaban J connectivity index is 0.000000135. The number of fused-ring (bicyclic) bond motifs is 6. The van der Waals surface area contributed by atoms with Crippen molar-refractivity contribution in [3.8, 4) is 113 Å². The third-order valence-electron chi connectivity index (χ3n) is 18.5. The summed E-state index contributed by atoms with van der Waals surface area (Å²) in [5.74, 6) is 1.83. The fourth-order valence-corrected chi connectivity index (χ4v) is 13.3. The molecule has 106 heavy (non-hydrogen) atoms. The van der Waals surface area contributed by atoms with Gasteiger partial charge in [-0.15, -0.1) is 0 Å². The van der Waals surface area contributed by atoms with E-state index in [1.165, 1.54) is 11.1 Å². The van der Waals surface area contributed by atoms with Gasteiger partial charge >= 0.3 is 0 Å². The van der Waals surface area contributed by atoms with Crippen LogP contribution in [-0.4, -0.2) is 59.8 Å². The number of aromatic amines is 2. The van der Waals surface area contributed by atoms with E-state index in [4.69, 9.17) is 39.9 Å². The predicted molar refractivity (Wildman–Crippen MR) is 436 cm³/mol. The highest BCUT2D eigenvalue weighted by Gasteiger charge is 2.21. The molecule has 0 atom stereocenters. The highest BCUT2D eigenvalue weighted by molar-refractivity contribution is 5.94. The number of nitrogens with one attached hydrogen (secondary N) is 2. The summed E-state index contributed by atoms with van der Waals surface area (Å²) >= 11 is 0. The van der Waals surface area contributed by atoms with Crippen molar-refractivity contribution in [1.29, 1.82) is 0 Å². The topological polar surface area (TPSA) is 160 Å². The van der Waals surface area contributed by atoms with Gasteiger partial charge in [-0.1, -0.05) is 257 Å². The first-order valence-corrected chi connectivity index (χ1v) is 35.7. The van der Waals surface area contributed by atoms with Crippen LogP contribution in [0.3, 0.4) is 0 Å². The number of benzene rings is 13. The van der Waals surface area contributed by atoms with Crippen LogP contribution in [0.25, 0.3) is 179 Å². The molecule has 12 nitrogen and oxygen atoms in total. The molecule has 0 amide bonds. The summed E-state index contributed by atoms with van der Waals surface area (Å²) in [5, 5.41) is 0. The standard InChI is InChI=1S/C43H30N6.C36H26N4.C13H10N2.C2H6/c1-26-13-20-35-37(23-26)48-40(28-9-5-3-6-10-28)42(46-35)30-14-16-31(17-15-30)43-41(29-11-7-4-8-12-29)49-39-25-33(19-22-36(39)47-43)32-18-21-34-38(24-32)45-27(2)44-34;1-23-13-19-29-31(21-23)39-33(25-9-5-3-6-10-25)35(37-29)27-15-17-28(18-16-27)36-34(26-11-7-4-8-12-26)40-32-22-24(2)14-20-30(32)38-36;1-2-6-10(7-3-1)13-14-11-8-4-5-9-12(11)15-13;1-2/h3-25H,1-2H3,(H,44,45);3-22H,1-2H3;1-9H,(H,14,15);1-2H3. The molecule has 0 aliphatic heterocycles. The second kappa shape index (κ2) is 29.6. The molecule has 0 radical (unpaired) electrons. The minimum atomic E-state index is 0.828. The number of hydrogen-bond acceptors (Lipinski definition) is 10. The molecule has 0 saturated carbocycles. The van der Waals surface area contributed by atoms with Crippen molar-refractivity contribution in [3.05, 3.63) is 338 Å². The largest absolute Gasteiger partial charge is 0.342 e. The fourth-order valence-electron chi connectivity index (χ4n) is 13.3. The average Bonchev–Trinajstić information content (AvgIpc) is 0.989. The molecule has 12 heteroatoms. The van der Waals surface area contributed by atoms with Crippen LogP contribution >= 0.6 is 0 Å². The van der Waals surface area contributed by atoms with Crippen LogP contribution in [0, 0.1) is 27.7 Å². The molecule has 6 aromatic heterocycles. The molecule has 508 valence electrons. The van der Waals surface area contributed by atoms with Crippen LogP contribution in [0.1, 0.15) is 36.4 Å². The quantitative estimate of drug-likeness (QED) is 0.135. The number of aryl methyl sites for hydroxylation is 4. The highest BCUT2D eigenvalue weighted by atomic mass is 14.9. The Morgan fingerprint density at radius 3 is 0.802 bits per heavy atom. The van der Waals surface area contributed by atoms with E-state index < -0.39 is 0 Å². The third-order valence-corrected chi connectivity index (χ3v) is 18.5. The van der Waals surface area contributed by atoms with Crippen molar-refractivity contribution in [2.45, 2.75) is 41.5 Å². The van der Waals surface area contributed by atoms with Gasteiger partial charge in [0.2, 0.25) is 0 Å². The Morgan fingerprint density at radius 2 is 0.443 bits per heavy atom. The number of rotatable bonds is 10. The summed E-state index contributed by atoms with van der Waals surface area (Å²) in [4.78, 5) is 56.8. The number of para-hydroxylation sites is 2. The third kappa shape index (κ3) is 14.0. The number of nitrogens with zero attached hydrogens (tertiary/aromatic N) is 10. The Kier molecular flexibility index (Phi) is 18.6. The summed E-state index contributed by atoms with van der Waals surface area (Å²) in [6, 6.07) is 107. The summed E-state index contributed by atoms with van der Waals surface area (Å²) in [6.45, 7) is 12.2. The molecule has 0 bridgehead atoms. The fraction of sp³-hybridized carbons (Fsp3) is 0.0638. The zero-order valence-electron chi connectivity index (χ0n) is 59.5. The smallest absolute Gasteiger partial charge is 0.138 e. The predicted octanol–water partition coefficient (Wildman–Crippen LogP) is 23.5. The molecule has 0 fully saturated rings. The molecule has 2 N–H and O–H groups in total. The van der Waals surface area contributed by atoms with Crippen LogP contribution in [-0.2, 0) is 0 Å². The molecule has 0 aliphatic rings. The zero-order valence-corrected chi connectivity index (χ0v) is 59.5. The van der Waals surface area contributed by atoms with E-state index >= 15 is 0 Å². The van der Waals surface area contributed by atoms with Gasteiger partial charge in [0.1, 0.15) is 11.6 Å². The van der Waals surface area contributed by atoms with Crippen molar-refractivity contribution in [2.75, 3.05) is 0 Å².